The summed E-state index contributed by atoms with van der Waals surface area (Å²) in [5, 5.41) is 14.8. The predicted octanol–water partition coefficient (Wildman–Crippen LogP) is -2.65. The number of carbonyl (C=O) groups excluding carboxylic acids is 3. The van der Waals surface area contributed by atoms with E-state index < -0.39 is 30.2 Å². The number of carboxylic acids is 1. The van der Waals surface area contributed by atoms with Gasteiger partial charge in [-0.2, -0.15) is 12.6 Å². The molecule has 4 N–H and O–H groups in total. The number of hydrogen-bond acceptors (Lipinski definition) is 5. The van der Waals surface area contributed by atoms with Crippen molar-refractivity contribution < 1.29 is 44.4 Å². The average Bonchev–Trinajstić information content (AvgIpc) is 2.30. The molecular weight excluding hydrogens is 348 g/mol. The molecule has 0 spiro atoms. The molecule has 1 radical (unpaired) electrons. The minimum Gasteiger partial charge on any atom is -0.480 e. The number of thiol groups is 1. The van der Waals surface area contributed by atoms with Crippen LogP contribution in [0.5, 0.6) is 0 Å². The zero-order chi connectivity index (χ0) is 13.3. The molecule has 0 saturated carbocycles. The average molecular weight is 361 g/mol. The Morgan fingerprint density at radius 2 is 1.22 bits per heavy atom. The van der Waals surface area contributed by atoms with Crippen LogP contribution in [0, 0.1) is 0 Å². The second-order valence-corrected chi connectivity index (χ2v) is 3.20. The van der Waals surface area contributed by atoms with Crippen molar-refractivity contribution in [2.24, 2.45) is 0 Å². The van der Waals surface area contributed by atoms with Gasteiger partial charge in [-0.15, -0.1) is 0 Å². The van der Waals surface area contributed by atoms with Crippen molar-refractivity contribution in [2.45, 2.75) is 0 Å². The Hall–Kier alpha value is -1.12. The van der Waals surface area contributed by atoms with E-state index in [2.05, 4.69) is 28.6 Å². The van der Waals surface area contributed by atoms with Crippen LogP contribution in [-0.2, 0) is 39.3 Å². The molecule has 0 aromatic heterocycles. The summed E-state index contributed by atoms with van der Waals surface area (Å²) >= 11 is 3.69. The minimum absolute atomic E-state index is 0. The molecule has 10 heteroatoms. The van der Waals surface area contributed by atoms with E-state index in [4.69, 9.17) is 5.11 Å². The smallest absolute Gasteiger partial charge is 0.322 e. The molecule has 0 bridgehead atoms. The fourth-order valence-corrected chi connectivity index (χ4v) is 0.825. The van der Waals surface area contributed by atoms with E-state index in [0.717, 1.165) is 0 Å². The minimum atomic E-state index is -1.18. The number of hydrogen-bond donors (Lipinski definition) is 5. The van der Waals surface area contributed by atoms with Gasteiger partial charge in [-0.3, -0.25) is 19.2 Å². The maximum atomic E-state index is 11.1. The van der Waals surface area contributed by atoms with Gasteiger partial charge in [0, 0.05) is 20.1 Å². The van der Waals surface area contributed by atoms with Gasteiger partial charge in [-0.05, 0) is 0 Å². The van der Waals surface area contributed by atoms with E-state index in [1.165, 1.54) is 0 Å². The summed E-state index contributed by atoms with van der Waals surface area (Å²) < 4.78 is 0. The fraction of sp³-hybridized carbons (Fsp3) is 0.500. The Morgan fingerprint density at radius 1 is 0.833 bits per heavy atom. The van der Waals surface area contributed by atoms with Crippen LogP contribution in [0.3, 0.4) is 0 Å². The zero-order valence-corrected chi connectivity index (χ0v) is 12.0. The van der Waals surface area contributed by atoms with E-state index in [1.807, 2.05) is 0 Å². The molecule has 8 nitrogen and oxygen atoms in total. The van der Waals surface area contributed by atoms with E-state index in [-0.39, 0.29) is 38.9 Å². The monoisotopic (exact) mass is 360 g/mol. The molecule has 0 unspecified atom stereocenters. The molecule has 0 rings (SSSR count). The zero-order valence-electron chi connectivity index (χ0n) is 9.23. The topological polar surface area (TPSA) is 125 Å². The molecule has 103 valence electrons. The maximum absolute atomic E-state index is 11.1. The number of aliphatic carboxylic acids is 1. The summed E-state index contributed by atoms with van der Waals surface area (Å²) in [4.78, 5) is 42.8. The Morgan fingerprint density at radius 3 is 1.61 bits per heavy atom. The van der Waals surface area contributed by atoms with Crippen LogP contribution >= 0.6 is 12.6 Å². The van der Waals surface area contributed by atoms with Crippen LogP contribution in [0.25, 0.3) is 0 Å². The van der Waals surface area contributed by atoms with Crippen molar-refractivity contribution in [3.05, 3.63) is 0 Å². The van der Waals surface area contributed by atoms with Crippen LogP contribution in [0.4, 0.5) is 0 Å². The van der Waals surface area contributed by atoms with Gasteiger partial charge in [0.25, 0.3) is 0 Å². The molecule has 0 aromatic carbocycles. The van der Waals surface area contributed by atoms with Crippen molar-refractivity contribution in [1.82, 2.24) is 16.0 Å². The third-order valence-electron chi connectivity index (χ3n) is 1.47. The Bertz CT molecular complexity index is 326. The standard InChI is InChI=1S/C8H13N3O5S.Tc/c12-5(2-10-7(14)4-17)9-1-6(13)11-3-8(15)16;/h17H,1-4H2,(H,9,12)(H,10,14)(H,11,13)(H,15,16);. The van der Waals surface area contributed by atoms with Crippen molar-refractivity contribution in [3.63, 3.8) is 0 Å². The predicted molar refractivity (Wildman–Crippen MR) is 60.5 cm³/mol. The van der Waals surface area contributed by atoms with Crippen molar-refractivity contribution >= 4 is 36.3 Å². The van der Waals surface area contributed by atoms with Gasteiger partial charge in [-0.1, -0.05) is 0 Å². The molecule has 0 aromatic rings. The Balaban J connectivity index is 0. The SMILES string of the molecule is O=C(O)CNC(=O)CNC(=O)CNC(=O)CS.[Tc]. The molecule has 0 aliphatic heterocycles. The molecule has 0 aliphatic rings. The van der Waals surface area contributed by atoms with Crippen LogP contribution < -0.4 is 16.0 Å². The second kappa shape index (κ2) is 11.0. The first-order chi connectivity index (χ1) is 7.95. The quantitative estimate of drug-likeness (QED) is 0.317. The van der Waals surface area contributed by atoms with E-state index in [0.29, 0.717) is 0 Å². The third-order valence-corrected chi connectivity index (χ3v) is 1.76. The first kappa shape index (κ1) is 19.2. The van der Waals surface area contributed by atoms with Gasteiger partial charge in [0.2, 0.25) is 17.7 Å². The van der Waals surface area contributed by atoms with Crippen molar-refractivity contribution in [3.8, 4) is 0 Å². The van der Waals surface area contributed by atoms with Crippen molar-refractivity contribution in [2.75, 3.05) is 25.4 Å². The molecule has 0 heterocycles. The third kappa shape index (κ3) is 11.4. The number of amides is 3. The van der Waals surface area contributed by atoms with Gasteiger partial charge < -0.3 is 21.1 Å². The van der Waals surface area contributed by atoms with Crippen LogP contribution in [0.15, 0.2) is 0 Å². The van der Waals surface area contributed by atoms with Crippen molar-refractivity contribution in [1.29, 1.82) is 0 Å². The molecule has 18 heavy (non-hydrogen) atoms. The summed E-state index contributed by atoms with van der Waals surface area (Å²) in [6, 6.07) is 0. The van der Waals surface area contributed by atoms with Gasteiger partial charge in [0.1, 0.15) is 6.54 Å². The van der Waals surface area contributed by atoms with Crippen LogP contribution in [0.1, 0.15) is 0 Å². The largest absolute Gasteiger partial charge is 0.480 e. The normalized spacial score (nSPS) is 8.72. The van der Waals surface area contributed by atoms with Crippen LogP contribution in [-0.4, -0.2) is 54.2 Å². The fourth-order valence-electron chi connectivity index (χ4n) is 0.713. The Labute approximate surface area is 122 Å². The summed E-state index contributed by atoms with van der Waals surface area (Å²) in [7, 11) is 0. The summed E-state index contributed by atoms with van der Waals surface area (Å²) in [6.45, 7) is -1.11. The van der Waals surface area contributed by atoms with Gasteiger partial charge in [0.15, 0.2) is 0 Å². The number of carbonyl (C=O) groups is 4. The molecule has 3 amide bonds. The van der Waals surface area contributed by atoms with Gasteiger partial charge in [-0.25, -0.2) is 0 Å². The molecule has 0 atom stereocenters. The summed E-state index contributed by atoms with van der Waals surface area (Å²) in [5.74, 6) is -2.79. The number of carboxylic acid groups (broad SMARTS) is 1. The molecular formula is C8H13N3O5STc. The van der Waals surface area contributed by atoms with Gasteiger partial charge >= 0.3 is 5.97 Å². The first-order valence-electron chi connectivity index (χ1n) is 4.58. The summed E-state index contributed by atoms with van der Waals surface area (Å²) in [6.07, 6.45) is 0. The Kier molecular flexibility index (Phi) is 11.7. The first-order valence-corrected chi connectivity index (χ1v) is 5.21. The van der Waals surface area contributed by atoms with Gasteiger partial charge in [0.05, 0.1) is 18.8 Å². The number of nitrogens with one attached hydrogen (secondary N) is 3. The molecule has 0 aliphatic carbocycles. The van der Waals surface area contributed by atoms with E-state index in [9.17, 15) is 19.2 Å². The number of rotatable bonds is 7. The van der Waals surface area contributed by atoms with Crippen LogP contribution in [0.2, 0.25) is 0 Å². The van der Waals surface area contributed by atoms with E-state index >= 15 is 0 Å². The maximum Gasteiger partial charge on any atom is 0.322 e. The van der Waals surface area contributed by atoms with E-state index in [1.54, 1.807) is 0 Å². The second-order valence-electron chi connectivity index (χ2n) is 2.88. The molecule has 0 saturated heterocycles. The summed E-state index contributed by atoms with van der Waals surface area (Å²) in [5.41, 5.74) is 0. The molecule has 0 fully saturated rings.